The van der Waals surface area contributed by atoms with E-state index in [1.807, 2.05) is 0 Å². The van der Waals surface area contributed by atoms with E-state index in [2.05, 4.69) is 0 Å². The van der Waals surface area contributed by atoms with Crippen molar-refractivity contribution in [2.24, 2.45) is 0 Å². The molecular formula is C9H8NNaO7S. The second kappa shape index (κ2) is 5.63. The van der Waals surface area contributed by atoms with E-state index in [9.17, 15) is 23.1 Å². The molecule has 2 rings (SSSR count). The van der Waals surface area contributed by atoms with Crippen LogP contribution < -0.4 is 39.0 Å². The molecule has 0 bridgehead atoms. The van der Waals surface area contributed by atoms with E-state index < -0.39 is 26.0 Å². The van der Waals surface area contributed by atoms with Gasteiger partial charge in [-0.3, -0.25) is 10.1 Å². The number of rotatable bonds is 3. The Kier molecular flexibility index (Phi) is 4.80. The third-order valence-corrected chi connectivity index (χ3v) is 3.71. The Morgan fingerprint density at radius 3 is 2.32 bits per heavy atom. The van der Waals surface area contributed by atoms with E-state index in [-0.39, 0.29) is 53.4 Å². The van der Waals surface area contributed by atoms with E-state index in [1.54, 1.807) is 0 Å². The number of nitrogens with zero attached hydrogens (tertiary/aromatic N) is 1. The fourth-order valence-corrected chi connectivity index (χ4v) is 2.09. The summed E-state index contributed by atoms with van der Waals surface area (Å²) in [7, 11) is -4.68. The Morgan fingerprint density at radius 1 is 1.32 bits per heavy atom. The van der Waals surface area contributed by atoms with Gasteiger partial charge in [-0.15, -0.1) is 0 Å². The van der Waals surface area contributed by atoms with E-state index in [4.69, 9.17) is 9.47 Å². The molecular weight excluding hydrogens is 289 g/mol. The number of hydrogen-bond donors (Lipinski definition) is 0. The minimum Gasteiger partial charge on any atom is -0.747 e. The molecule has 1 aliphatic rings. The fourth-order valence-electron chi connectivity index (χ4n) is 1.59. The zero-order chi connectivity index (χ0) is 13.5. The Balaban J connectivity index is 0.00000180. The van der Waals surface area contributed by atoms with Crippen LogP contribution in [0.4, 0.5) is 5.69 Å². The zero-order valence-corrected chi connectivity index (χ0v) is 13.0. The van der Waals surface area contributed by atoms with Crippen molar-refractivity contribution in [1.82, 2.24) is 0 Å². The summed E-state index contributed by atoms with van der Waals surface area (Å²) < 4.78 is 42.8. The third kappa shape index (κ3) is 3.18. The molecule has 0 saturated heterocycles. The molecule has 0 fully saturated rings. The largest absolute Gasteiger partial charge is 1.00 e. The second-order valence-electron chi connectivity index (χ2n) is 3.66. The average Bonchev–Trinajstić information content (AvgIpc) is 2.71. The molecule has 1 atom stereocenters. The van der Waals surface area contributed by atoms with Crippen LogP contribution in [0.15, 0.2) is 12.1 Å². The van der Waals surface area contributed by atoms with Crippen LogP contribution in [0, 0.1) is 10.1 Å². The number of nitro groups is 1. The Labute approximate surface area is 130 Å². The van der Waals surface area contributed by atoms with Crippen molar-refractivity contribution >= 4 is 15.8 Å². The first-order valence-electron chi connectivity index (χ1n) is 4.83. The molecule has 1 unspecified atom stereocenters. The predicted molar refractivity (Wildman–Crippen MR) is 57.3 cm³/mol. The number of nitro benzene ring substituents is 1. The van der Waals surface area contributed by atoms with E-state index in [1.165, 1.54) is 0 Å². The molecule has 0 radical (unpaired) electrons. The maximum absolute atomic E-state index is 11.0. The molecule has 10 heteroatoms. The van der Waals surface area contributed by atoms with Gasteiger partial charge >= 0.3 is 29.6 Å². The number of benzene rings is 1. The quantitative estimate of drug-likeness (QED) is 0.272. The summed E-state index contributed by atoms with van der Waals surface area (Å²) in [5.74, 6) is 0.340. The molecule has 0 saturated carbocycles. The summed E-state index contributed by atoms with van der Waals surface area (Å²) in [6, 6.07) is 2.21. The molecule has 0 aliphatic carbocycles. The molecule has 0 aromatic heterocycles. The molecule has 0 spiro atoms. The molecule has 1 aromatic carbocycles. The summed E-state index contributed by atoms with van der Waals surface area (Å²) in [4.78, 5) is 10.1. The normalized spacial score (nSPS) is 14.6. The zero-order valence-electron chi connectivity index (χ0n) is 10.2. The van der Waals surface area contributed by atoms with Crippen molar-refractivity contribution in [3.8, 4) is 11.5 Å². The van der Waals surface area contributed by atoms with Gasteiger partial charge in [0.15, 0.2) is 11.5 Å². The Morgan fingerprint density at radius 2 is 1.84 bits per heavy atom. The molecule has 0 N–H and O–H groups in total. The van der Waals surface area contributed by atoms with Crippen LogP contribution in [0.25, 0.3) is 0 Å². The van der Waals surface area contributed by atoms with Crippen molar-refractivity contribution in [3.05, 3.63) is 27.8 Å². The minimum absolute atomic E-state index is 0. The molecule has 1 aromatic rings. The summed E-state index contributed by atoms with van der Waals surface area (Å²) in [5.41, 5.74) is -0.689. The van der Waals surface area contributed by atoms with E-state index in [0.717, 1.165) is 19.1 Å². The predicted octanol–water partition coefficient (Wildman–Crippen LogP) is -2.07. The third-order valence-electron chi connectivity index (χ3n) is 2.59. The minimum atomic E-state index is -4.68. The van der Waals surface area contributed by atoms with Crippen molar-refractivity contribution in [2.75, 3.05) is 6.79 Å². The van der Waals surface area contributed by atoms with Gasteiger partial charge in [0.1, 0.15) is 10.1 Å². The average molecular weight is 297 g/mol. The first-order valence-corrected chi connectivity index (χ1v) is 6.30. The topological polar surface area (TPSA) is 119 Å². The van der Waals surface area contributed by atoms with Crippen molar-refractivity contribution in [3.63, 3.8) is 0 Å². The van der Waals surface area contributed by atoms with Gasteiger partial charge in [-0.1, -0.05) is 0 Å². The standard InChI is InChI=1S/C9H9NO7S.Na/c1-5(18(13,14)15)6-2-8-9(17-4-16-8)3-7(6)10(11)12;/h2-3,5H,4H2,1H3,(H,13,14,15);/q;+1/p-1. The number of fused-ring (bicyclic) bond motifs is 1. The Bertz CT molecular complexity index is 615. The summed E-state index contributed by atoms with van der Waals surface area (Å²) in [6.45, 7) is 0.987. The van der Waals surface area contributed by atoms with Gasteiger partial charge in [0, 0.05) is 0 Å². The number of ether oxygens (including phenoxy) is 2. The second-order valence-corrected chi connectivity index (χ2v) is 5.35. The summed E-state index contributed by atoms with van der Waals surface area (Å²) in [6.07, 6.45) is 0. The van der Waals surface area contributed by atoms with Crippen molar-refractivity contribution < 1.29 is 56.9 Å². The van der Waals surface area contributed by atoms with Gasteiger partial charge in [-0.25, -0.2) is 8.42 Å². The molecule has 19 heavy (non-hydrogen) atoms. The number of hydrogen-bond acceptors (Lipinski definition) is 7. The maximum Gasteiger partial charge on any atom is 1.00 e. The van der Waals surface area contributed by atoms with Crippen molar-refractivity contribution in [2.45, 2.75) is 12.2 Å². The van der Waals surface area contributed by atoms with Crippen LogP contribution in [0.5, 0.6) is 11.5 Å². The Hall–Kier alpha value is -0.870. The first kappa shape index (κ1) is 16.2. The van der Waals surface area contributed by atoms with Gasteiger partial charge in [-0.05, 0) is 13.0 Å². The van der Waals surface area contributed by atoms with E-state index >= 15 is 0 Å². The smallest absolute Gasteiger partial charge is 0.747 e. The van der Waals surface area contributed by atoms with Crippen LogP contribution in [0.1, 0.15) is 17.7 Å². The van der Waals surface area contributed by atoms with Crippen LogP contribution in [0.2, 0.25) is 0 Å². The first-order chi connectivity index (χ1) is 8.30. The fraction of sp³-hybridized carbons (Fsp3) is 0.333. The van der Waals surface area contributed by atoms with Gasteiger partial charge < -0.3 is 14.0 Å². The SMILES string of the molecule is CC(c1cc2c(cc1[N+](=O)[O-])OCO2)S(=O)(=O)[O-].[Na+]. The molecule has 1 heterocycles. The molecule has 98 valence electrons. The van der Waals surface area contributed by atoms with Crippen LogP contribution in [0.3, 0.4) is 0 Å². The van der Waals surface area contributed by atoms with Crippen LogP contribution in [-0.2, 0) is 10.1 Å². The molecule has 0 amide bonds. The van der Waals surface area contributed by atoms with Gasteiger partial charge in [0.25, 0.3) is 5.69 Å². The monoisotopic (exact) mass is 297 g/mol. The van der Waals surface area contributed by atoms with E-state index in [0.29, 0.717) is 0 Å². The molecule has 1 aliphatic heterocycles. The summed E-state index contributed by atoms with van der Waals surface area (Å²) in [5, 5.41) is 9.33. The maximum atomic E-state index is 11.0. The van der Waals surface area contributed by atoms with Gasteiger partial charge in [0.05, 0.1) is 21.8 Å². The molecule has 8 nitrogen and oxygen atoms in total. The summed E-state index contributed by atoms with van der Waals surface area (Å²) >= 11 is 0. The van der Waals surface area contributed by atoms with Gasteiger partial charge in [-0.2, -0.15) is 0 Å². The van der Waals surface area contributed by atoms with Crippen molar-refractivity contribution in [1.29, 1.82) is 0 Å². The van der Waals surface area contributed by atoms with Gasteiger partial charge in [0.2, 0.25) is 6.79 Å². The van der Waals surface area contributed by atoms with Crippen LogP contribution >= 0.6 is 0 Å². The van der Waals surface area contributed by atoms with Crippen LogP contribution in [-0.4, -0.2) is 24.7 Å².